The van der Waals surface area contributed by atoms with Crippen LogP contribution in [0.15, 0.2) is 30.1 Å². The molecule has 2 nitrogen and oxygen atoms in total. The standard InChI is InChI=1S/C10H10N2/c1-8(2)10(6-11)9-4-3-5-12-7-9/h3-5,7H,1-2H3. The zero-order chi connectivity index (χ0) is 8.97. The van der Waals surface area contributed by atoms with Crippen LogP contribution in [0.1, 0.15) is 19.4 Å². The van der Waals surface area contributed by atoms with Gasteiger partial charge in [-0.1, -0.05) is 11.6 Å². The second-order valence-electron chi connectivity index (χ2n) is 2.73. The lowest BCUT2D eigenvalue weighted by Crippen LogP contribution is -1.84. The minimum Gasteiger partial charge on any atom is -0.264 e. The average molecular weight is 158 g/mol. The van der Waals surface area contributed by atoms with E-state index >= 15 is 0 Å². The third-order valence-corrected chi connectivity index (χ3v) is 1.56. The van der Waals surface area contributed by atoms with Crippen molar-refractivity contribution in [3.05, 3.63) is 35.7 Å². The van der Waals surface area contributed by atoms with Crippen LogP contribution in [-0.4, -0.2) is 4.98 Å². The second-order valence-corrected chi connectivity index (χ2v) is 2.73. The van der Waals surface area contributed by atoms with Gasteiger partial charge in [-0.15, -0.1) is 0 Å². The van der Waals surface area contributed by atoms with Crippen LogP contribution in [-0.2, 0) is 0 Å². The first kappa shape index (κ1) is 8.48. The Labute approximate surface area is 72.2 Å². The number of pyridine rings is 1. The molecule has 2 heteroatoms. The molecule has 12 heavy (non-hydrogen) atoms. The maximum absolute atomic E-state index is 8.81. The molecule has 0 amide bonds. The summed E-state index contributed by atoms with van der Waals surface area (Å²) in [4.78, 5) is 3.95. The second kappa shape index (κ2) is 3.68. The number of nitrogens with zero attached hydrogens (tertiary/aromatic N) is 2. The minimum atomic E-state index is 0.711. The Bertz CT molecular complexity index is 327. The van der Waals surface area contributed by atoms with Crippen LogP contribution in [0.25, 0.3) is 5.57 Å². The number of rotatable bonds is 1. The van der Waals surface area contributed by atoms with E-state index in [1.54, 1.807) is 12.4 Å². The van der Waals surface area contributed by atoms with Crippen molar-refractivity contribution >= 4 is 5.57 Å². The summed E-state index contributed by atoms with van der Waals surface area (Å²) in [7, 11) is 0. The third-order valence-electron chi connectivity index (χ3n) is 1.56. The predicted molar refractivity (Wildman–Crippen MR) is 48.1 cm³/mol. The predicted octanol–water partition coefficient (Wildman–Crippen LogP) is 2.40. The molecule has 0 unspecified atom stereocenters. The summed E-state index contributed by atoms with van der Waals surface area (Å²) in [6, 6.07) is 5.87. The molecular weight excluding hydrogens is 148 g/mol. The van der Waals surface area contributed by atoms with E-state index < -0.39 is 0 Å². The van der Waals surface area contributed by atoms with Crippen LogP contribution in [0.4, 0.5) is 0 Å². The maximum atomic E-state index is 8.81. The van der Waals surface area contributed by atoms with Gasteiger partial charge in [-0.3, -0.25) is 4.98 Å². The van der Waals surface area contributed by atoms with Gasteiger partial charge >= 0.3 is 0 Å². The van der Waals surface area contributed by atoms with Gasteiger partial charge in [0.15, 0.2) is 0 Å². The van der Waals surface area contributed by atoms with E-state index in [9.17, 15) is 0 Å². The van der Waals surface area contributed by atoms with Gasteiger partial charge in [0.25, 0.3) is 0 Å². The Kier molecular flexibility index (Phi) is 2.60. The normalized spacial score (nSPS) is 8.75. The summed E-state index contributed by atoms with van der Waals surface area (Å²) < 4.78 is 0. The summed E-state index contributed by atoms with van der Waals surface area (Å²) in [5.74, 6) is 0. The molecule has 0 aromatic carbocycles. The molecule has 0 aliphatic rings. The van der Waals surface area contributed by atoms with Crippen LogP contribution >= 0.6 is 0 Å². The minimum absolute atomic E-state index is 0.711. The van der Waals surface area contributed by atoms with Gasteiger partial charge in [0.2, 0.25) is 0 Å². The Hall–Kier alpha value is -1.62. The van der Waals surface area contributed by atoms with Gasteiger partial charge in [0.1, 0.15) is 0 Å². The molecule has 1 rings (SSSR count). The topological polar surface area (TPSA) is 36.7 Å². The van der Waals surface area contributed by atoms with Crippen molar-refractivity contribution in [2.75, 3.05) is 0 Å². The average Bonchev–Trinajstić information content (AvgIpc) is 2.07. The molecular formula is C10H10N2. The van der Waals surface area contributed by atoms with E-state index in [0.717, 1.165) is 11.1 Å². The van der Waals surface area contributed by atoms with Crippen LogP contribution in [0.5, 0.6) is 0 Å². The quantitative estimate of drug-likeness (QED) is 0.588. The fourth-order valence-electron chi connectivity index (χ4n) is 0.976. The van der Waals surface area contributed by atoms with Crippen molar-refractivity contribution < 1.29 is 0 Å². The number of allylic oxidation sites excluding steroid dienone is 2. The molecule has 0 fully saturated rings. The first-order chi connectivity index (χ1) is 5.75. The van der Waals surface area contributed by atoms with Crippen molar-refractivity contribution in [1.29, 1.82) is 5.26 Å². The zero-order valence-electron chi connectivity index (χ0n) is 7.20. The molecule has 0 saturated carbocycles. The maximum Gasteiger partial charge on any atom is 0.0997 e. The van der Waals surface area contributed by atoms with Crippen LogP contribution in [0.3, 0.4) is 0 Å². The van der Waals surface area contributed by atoms with Crippen LogP contribution in [0, 0.1) is 11.3 Å². The fraction of sp³-hybridized carbons (Fsp3) is 0.200. The highest BCUT2D eigenvalue weighted by Crippen LogP contribution is 2.15. The molecule has 1 aromatic rings. The summed E-state index contributed by atoms with van der Waals surface area (Å²) in [5.41, 5.74) is 2.62. The van der Waals surface area contributed by atoms with Gasteiger partial charge in [0.05, 0.1) is 11.6 Å². The molecule has 0 atom stereocenters. The number of aromatic nitrogens is 1. The lowest BCUT2D eigenvalue weighted by Gasteiger charge is -1.98. The Morgan fingerprint density at radius 3 is 2.67 bits per heavy atom. The van der Waals surface area contributed by atoms with Gasteiger partial charge in [-0.25, -0.2) is 0 Å². The highest BCUT2D eigenvalue weighted by atomic mass is 14.6. The van der Waals surface area contributed by atoms with E-state index in [2.05, 4.69) is 11.1 Å². The highest BCUT2D eigenvalue weighted by molar-refractivity contribution is 5.78. The summed E-state index contributed by atoms with van der Waals surface area (Å²) in [5, 5.41) is 8.81. The molecule has 1 heterocycles. The van der Waals surface area contributed by atoms with E-state index in [1.807, 2.05) is 26.0 Å². The largest absolute Gasteiger partial charge is 0.264 e. The molecule has 0 N–H and O–H groups in total. The summed E-state index contributed by atoms with van der Waals surface area (Å²) in [6.07, 6.45) is 3.40. The molecule has 0 aliphatic carbocycles. The van der Waals surface area contributed by atoms with E-state index in [1.165, 1.54) is 0 Å². The Balaban J connectivity index is 3.17. The summed E-state index contributed by atoms with van der Waals surface area (Å²) >= 11 is 0. The molecule has 1 aromatic heterocycles. The van der Waals surface area contributed by atoms with Gasteiger partial charge in [-0.05, 0) is 19.9 Å². The van der Waals surface area contributed by atoms with Gasteiger partial charge in [0, 0.05) is 18.0 Å². The first-order valence-electron chi connectivity index (χ1n) is 3.73. The lowest BCUT2D eigenvalue weighted by atomic mass is 10.1. The number of hydrogen-bond donors (Lipinski definition) is 0. The summed E-state index contributed by atoms with van der Waals surface area (Å²) in [6.45, 7) is 3.84. The van der Waals surface area contributed by atoms with E-state index in [-0.39, 0.29) is 0 Å². The van der Waals surface area contributed by atoms with Crippen molar-refractivity contribution in [1.82, 2.24) is 4.98 Å². The fourth-order valence-corrected chi connectivity index (χ4v) is 0.976. The zero-order valence-corrected chi connectivity index (χ0v) is 7.20. The monoisotopic (exact) mass is 158 g/mol. The first-order valence-corrected chi connectivity index (χ1v) is 3.73. The molecule has 60 valence electrons. The van der Waals surface area contributed by atoms with Crippen molar-refractivity contribution in [2.24, 2.45) is 0 Å². The highest BCUT2D eigenvalue weighted by Gasteiger charge is 2.00. The third kappa shape index (κ3) is 1.70. The molecule has 0 spiro atoms. The Morgan fingerprint density at radius 2 is 2.25 bits per heavy atom. The van der Waals surface area contributed by atoms with E-state index in [0.29, 0.717) is 5.57 Å². The van der Waals surface area contributed by atoms with Gasteiger partial charge < -0.3 is 0 Å². The van der Waals surface area contributed by atoms with Gasteiger partial charge in [-0.2, -0.15) is 5.26 Å². The smallest absolute Gasteiger partial charge is 0.0997 e. The van der Waals surface area contributed by atoms with Crippen molar-refractivity contribution in [2.45, 2.75) is 13.8 Å². The molecule has 0 aliphatic heterocycles. The van der Waals surface area contributed by atoms with Crippen LogP contribution in [0.2, 0.25) is 0 Å². The Morgan fingerprint density at radius 1 is 1.50 bits per heavy atom. The number of nitriles is 1. The van der Waals surface area contributed by atoms with Crippen molar-refractivity contribution in [3.63, 3.8) is 0 Å². The lowest BCUT2D eigenvalue weighted by molar-refractivity contribution is 1.29. The molecule has 0 saturated heterocycles. The van der Waals surface area contributed by atoms with Crippen LogP contribution < -0.4 is 0 Å². The van der Waals surface area contributed by atoms with Crippen molar-refractivity contribution in [3.8, 4) is 6.07 Å². The molecule has 0 radical (unpaired) electrons. The number of hydrogen-bond acceptors (Lipinski definition) is 2. The molecule has 0 bridgehead atoms. The SMILES string of the molecule is CC(C)=C(C#N)c1cccnc1. The van der Waals surface area contributed by atoms with E-state index in [4.69, 9.17) is 5.26 Å².